The van der Waals surface area contributed by atoms with Crippen LogP contribution in [-0.2, 0) is 22.4 Å². The molecule has 2 aromatic carbocycles. The second-order valence-corrected chi connectivity index (χ2v) is 6.33. The van der Waals surface area contributed by atoms with Crippen molar-refractivity contribution in [2.75, 3.05) is 19.8 Å². The van der Waals surface area contributed by atoms with Crippen molar-refractivity contribution in [1.82, 2.24) is 5.32 Å². The number of rotatable bonds is 12. The summed E-state index contributed by atoms with van der Waals surface area (Å²) in [7, 11) is 0. The van der Waals surface area contributed by atoms with Gasteiger partial charge >= 0.3 is 5.97 Å². The van der Waals surface area contributed by atoms with Crippen LogP contribution in [0.1, 0.15) is 30.9 Å². The molecule has 28 heavy (non-hydrogen) atoms. The molecule has 2 aromatic rings. The molecule has 0 aliphatic carbocycles. The molecule has 0 bridgehead atoms. The average molecular weight is 385 g/mol. The van der Waals surface area contributed by atoms with E-state index < -0.39 is 5.97 Å². The van der Waals surface area contributed by atoms with Crippen molar-refractivity contribution < 1.29 is 24.2 Å². The molecular formula is C22H27NO5. The zero-order chi connectivity index (χ0) is 20.2. The van der Waals surface area contributed by atoms with E-state index in [0.717, 1.165) is 23.5 Å². The van der Waals surface area contributed by atoms with Crippen LogP contribution in [0, 0.1) is 0 Å². The first-order chi connectivity index (χ1) is 13.6. The predicted molar refractivity (Wildman–Crippen MR) is 107 cm³/mol. The number of ether oxygens (including phenoxy) is 2. The summed E-state index contributed by atoms with van der Waals surface area (Å²) in [6.45, 7) is 3.51. The lowest BCUT2D eigenvalue weighted by atomic mass is 10.1. The average Bonchev–Trinajstić information content (AvgIpc) is 2.71. The van der Waals surface area contributed by atoms with E-state index in [1.165, 1.54) is 5.56 Å². The van der Waals surface area contributed by atoms with Crippen LogP contribution in [0.5, 0.6) is 11.5 Å². The van der Waals surface area contributed by atoms with Gasteiger partial charge in [0.2, 0.25) is 5.91 Å². The summed E-state index contributed by atoms with van der Waals surface area (Å²) in [5, 5.41) is 11.3. The van der Waals surface area contributed by atoms with Crippen LogP contribution in [0.2, 0.25) is 0 Å². The smallest absolute Gasteiger partial charge is 0.303 e. The molecule has 0 unspecified atom stereocenters. The monoisotopic (exact) mass is 385 g/mol. The molecule has 0 saturated heterocycles. The van der Waals surface area contributed by atoms with Crippen LogP contribution in [0.4, 0.5) is 0 Å². The lowest BCUT2D eigenvalue weighted by Gasteiger charge is -2.10. The fraction of sp³-hybridized carbons (Fsp3) is 0.364. The SMILES string of the molecule is CCc1ccc(OCCOc2ccc(CCNC(=O)CCC(=O)O)cc2)cc1. The molecule has 6 nitrogen and oxygen atoms in total. The van der Waals surface area contributed by atoms with E-state index in [9.17, 15) is 9.59 Å². The molecular weight excluding hydrogens is 358 g/mol. The number of carboxylic acids is 1. The Balaban J connectivity index is 1.62. The van der Waals surface area contributed by atoms with Crippen LogP contribution >= 0.6 is 0 Å². The van der Waals surface area contributed by atoms with Gasteiger partial charge in [0.15, 0.2) is 0 Å². The summed E-state index contributed by atoms with van der Waals surface area (Å²) in [4.78, 5) is 21.9. The van der Waals surface area contributed by atoms with Gasteiger partial charge in [0, 0.05) is 13.0 Å². The van der Waals surface area contributed by atoms with Gasteiger partial charge < -0.3 is 19.9 Å². The molecule has 6 heteroatoms. The summed E-state index contributed by atoms with van der Waals surface area (Å²) in [5.74, 6) is 0.387. The molecule has 2 rings (SSSR count). The van der Waals surface area contributed by atoms with Crippen molar-refractivity contribution >= 4 is 11.9 Å². The Labute approximate surface area is 165 Å². The largest absolute Gasteiger partial charge is 0.490 e. The van der Waals surface area contributed by atoms with E-state index in [-0.39, 0.29) is 18.7 Å². The van der Waals surface area contributed by atoms with Crippen molar-refractivity contribution in [1.29, 1.82) is 0 Å². The van der Waals surface area contributed by atoms with Gasteiger partial charge in [0.1, 0.15) is 24.7 Å². The Morgan fingerprint density at radius 3 is 1.89 bits per heavy atom. The maximum absolute atomic E-state index is 11.5. The van der Waals surface area contributed by atoms with Crippen molar-refractivity contribution in [3.63, 3.8) is 0 Å². The molecule has 1 amide bonds. The summed E-state index contributed by atoms with van der Waals surface area (Å²) in [6, 6.07) is 15.7. The Morgan fingerprint density at radius 1 is 0.857 bits per heavy atom. The maximum Gasteiger partial charge on any atom is 0.303 e. The number of amides is 1. The normalized spacial score (nSPS) is 10.3. The molecule has 0 radical (unpaired) electrons. The van der Waals surface area contributed by atoms with Crippen molar-refractivity contribution in [3.8, 4) is 11.5 Å². The Kier molecular flexibility index (Phi) is 8.85. The number of aliphatic carboxylic acids is 1. The highest BCUT2D eigenvalue weighted by molar-refractivity contribution is 5.80. The van der Waals surface area contributed by atoms with Gasteiger partial charge in [-0.15, -0.1) is 0 Å². The van der Waals surface area contributed by atoms with Gasteiger partial charge in [-0.3, -0.25) is 9.59 Å². The quantitative estimate of drug-likeness (QED) is 0.548. The number of carboxylic acid groups (broad SMARTS) is 1. The van der Waals surface area contributed by atoms with Gasteiger partial charge in [-0.2, -0.15) is 0 Å². The molecule has 0 aromatic heterocycles. The third-order valence-electron chi connectivity index (χ3n) is 4.18. The third kappa shape index (κ3) is 8.12. The molecule has 0 fully saturated rings. The van der Waals surface area contributed by atoms with Crippen molar-refractivity contribution in [2.45, 2.75) is 32.6 Å². The summed E-state index contributed by atoms with van der Waals surface area (Å²) < 4.78 is 11.3. The van der Waals surface area contributed by atoms with Gasteiger partial charge in [-0.25, -0.2) is 0 Å². The van der Waals surface area contributed by atoms with Crippen molar-refractivity contribution in [3.05, 3.63) is 59.7 Å². The minimum atomic E-state index is -0.967. The number of carbonyl (C=O) groups is 2. The lowest BCUT2D eigenvalue weighted by Crippen LogP contribution is -2.25. The molecule has 2 N–H and O–H groups in total. The number of nitrogens with one attached hydrogen (secondary N) is 1. The Bertz CT molecular complexity index is 741. The first-order valence-corrected chi connectivity index (χ1v) is 9.49. The Morgan fingerprint density at radius 2 is 1.39 bits per heavy atom. The van der Waals surface area contributed by atoms with E-state index in [2.05, 4.69) is 24.4 Å². The second kappa shape index (κ2) is 11.6. The Hall–Kier alpha value is -3.02. The summed E-state index contributed by atoms with van der Waals surface area (Å²) >= 11 is 0. The highest BCUT2D eigenvalue weighted by Gasteiger charge is 2.04. The van der Waals surface area contributed by atoms with Gasteiger partial charge in [-0.05, 0) is 48.2 Å². The van der Waals surface area contributed by atoms with E-state index in [1.807, 2.05) is 36.4 Å². The minimum Gasteiger partial charge on any atom is -0.490 e. The van der Waals surface area contributed by atoms with E-state index in [0.29, 0.717) is 26.2 Å². The topological polar surface area (TPSA) is 84.9 Å². The molecule has 0 atom stereocenters. The predicted octanol–water partition coefficient (Wildman–Crippen LogP) is 3.23. The minimum absolute atomic E-state index is 0.00688. The van der Waals surface area contributed by atoms with Gasteiger partial charge in [-0.1, -0.05) is 31.2 Å². The van der Waals surface area contributed by atoms with E-state index in [4.69, 9.17) is 14.6 Å². The molecule has 0 heterocycles. The summed E-state index contributed by atoms with van der Waals surface area (Å²) in [5.41, 5.74) is 2.35. The second-order valence-electron chi connectivity index (χ2n) is 6.33. The van der Waals surface area contributed by atoms with Crippen LogP contribution in [0.3, 0.4) is 0 Å². The molecule has 0 aliphatic heterocycles. The lowest BCUT2D eigenvalue weighted by molar-refractivity contribution is -0.138. The number of aryl methyl sites for hydroxylation is 1. The van der Waals surface area contributed by atoms with Gasteiger partial charge in [0.05, 0.1) is 6.42 Å². The van der Waals surface area contributed by atoms with Gasteiger partial charge in [0.25, 0.3) is 0 Å². The zero-order valence-corrected chi connectivity index (χ0v) is 16.1. The number of carbonyl (C=O) groups excluding carboxylic acids is 1. The van der Waals surface area contributed by atoms with E-state index in [1.54, 1.807) is 0 Å². The molecule has 0 spiro atoms. The highest BCUT2D eigenvalue weighted by Crippen LogP contribution is 2.14. The highest BCUT2D eigenvalue weighted by atomic mass is 16.5. The molecule has 150 valence electrons. The number of hydrogen-bond donors (Lipinski definition) is 2. The summed E-state index contributed by atoms with van der Waals surface area (Å²) in [6.07, 6.45) is 1.55. The standard InChI is InChI=1S/C22H27NO5/c1-2-17-3-7-19(8-4-17)27-15-16-28-20-9-5-18(6-10-20)13-14-23-21(24)11-12-22(25)26/h3-10H,2,11-16H2,1H3,(H,23,24)(H,25,26). The van der Waals surface area contributed by atoms with Crippen LogP contribution < -0.4 is 14.8 Å². The number of benzene rings is 2. The fourth-order valence-electron chi connectivity index (χ4n) is 2.55. The zero-order valence-electron chi connectivity index (χ0n) is 16.1. The third-order valence-corrected chi connectivity index (χ3v) is 4.18. The van der Waals surface area contributed by atoms with Crippen LogP contribution in [-0.4, -0.2) is 36.7 Å². The molecule has 0 aliphatic rings. The number of hydrogen-bond acceptors (Lipinski definition) is 4. The fourth-order valence-corrected chi connectivity index (χ4v) is 2.55. The van der Waals surface area contributed by atoms with Crippen LogP contribution in [0.25, 0.3) is 0 Å². The van der Waals surface area contributed by atoms with Crippen LogP contribution in [0.15, 0.2) is 48.5 Å². The first-order valence-electron chi connectivity index (χ1n) is 9.49. The van der Waals surface area contributed by atoms with Crippen molar-refractivity contribution in [2.24, 2.45) is 0 Å². The first kappa shape index (κ1) is 21.3. The van der Waals surface area contributed by atoms with E-state index >= 15 is 0 Å². The maximum atomic E-state index is 11.5. The molecule has 0 saturated carbocycles.